The van der Waals surface area contributed by atoms with Crippen LogP contribution in [0.5, 0.6) is 0 Å². The summed E-state index contributed by atoms with van der Waals surface area (Å²) in [7, 11) is 0. The average molecular weight is 291 g/mol. The van der Waals surface area contributed by atoms with E-state index in [-0.39, 0.29) is 5.91 Å². The number of fused-ring (bicyclic) bond motifs is 1. The summed E-state index contributed by atoms with van der Waals surface area (Å²) in [4.78, 5) is 28.7. The van der Waals surface area contributed by atoms with Gasteiger partial charge < -0.3 is 15.2 Å². The number of hydrogen-bond donors (Lipinski definition) is 2. The van der Waals surface area contributed by atoms with Gasteiger partial charge in [0.05, 0.1) is 5.69 Å². The molecule has 2 N–H and O–H groups in total. The number of nitrogens with one attached hydrogen (secondary N) is 2. The van der Waals surface area contributed by atoms with Crippen molar-refractivity contribution in [3.8, 4) is 0 Å². The maximum Gasteiger partial charge on any atom is 0.268 e. The van der Waals surface area contributed by atoms with Crippen molar-refractivity contribution in [2.24, 2.45) is 0 Å². The van der Waals surface area contributed by atoms with E-state index in [0.717, 1.165) is 62.7 Å². The second kappa shape index (κ2) is 7.41. The molecule has 5 heteroatoms. The van der Waals surface area contributed by atoms with Gasteiger partial charge in [-0.1, -0.05) is 13.8 Å². The van der Waals surface area contributed by atoms with Crippen LogP contribution in [0.25, 0.3) is 0 Å². The number of hydrogen-bond acceptors (Lipinski definition) is 3. The number of aromatic nitrogens is 1. The van der Waals surface area contributed by atoms with Crippen LogP contribution in [0.4, 0.5) is 0 Å². The Balaban J connectivity index is 2.02. The van der Waals surface area contributed by atoms with Crippen molar-refractivity contribution in [3.63, 3.8) is 0 Å². The van der Waals surface area contributed by atoms with Gasteiger partial charge in [0.25, 0.3) is 5.91 Å². The highest BCUT2D eigenvalue weighted by atomic mass is 16.2. The Morgan fingerprint density at radius 3 is 2.52 bits per heavy atom. The number of nitrogens with zero attached hydrogens (tertiary/aromatic N) is 1. The highest BCUT2D eigenvalue weighted by Crippen LogP contribution is 2.27. The summed E-state index contributed by atoms with van der Waals surface area (Å²) in [5.74, 6) is -0.0894. The average Bonchev–Trinajstić information content (AvgIpc) is 2.90. The second-order valence-corrected chi connectivity index (χ2v) is 5.48. The fraction of sp³-hybridized carbons (Fsp3) is 0.625. The van der Waals surface area contributed by atoms with Crippen LogP contribution >= 0.6 is 0 Å². The Hall–Kier alpha value is -1.62. The molecule has 1 heterocycles. The third-order valence-corrected chi connectivity index (χ3v) is 4.31. The number of aromatic amines is 1. The summed E-state index contributed by atoms with van der Waals surface area (Å²) < 4.78 is 0. The quantitative estimate of drug-likeness (QED) is 0.753. The third-order valence-electron chi connectivity index (χ3n) is 4.31. The zero-order valence-corrected chi connectivity index (χ0v) is 13.0. The van der Waals surface area contributed by atoms with Gasteiger partial charge in [0, 0.05) is 13.1 Å². The molecule has 0 aliphatic heterocycles. The summed E-state index contributed by atoms with van der Waals surface area (Å²) in [6, 6.07) is 0. The van der Waals surface area contributed by atoms with E-state index in [0.29, 0.717) is 17.9 Å². The molecule has 0 unspecified atom stereocenters. The fourth-order valence-corrected chi connectivity index (χ4v) is 3.01. The molecule has 0 saturated carbocycles. The van der Waals surface area contributed by atoms with E-state index >= 15 is 0 Å². The Morgan fingerprint density at radius 1 is 1.24 bits per heavy atom. The Morgan fingerprint density at radius 2 is 1.90 bits per heavy atom. The predicted octanol–water partition coefficient (Wildman–Crippen LogP) is 1.78. The van der Waals surface area contributed by atoms with E-state index in [1.165, 1.54) is 0 Å². The molecule has 0 saturated heterocycles. The molecule has 1 amide bonds. The van der Waals surface area contributed by atoms with Crippen molar-refractivity contribution in [2.75, 3.05) is 26.2 Å². The summed E-state index contributed by atoms with van der Waals surface area (Å²) >= 11 is 0. The first kappa shape index (κ1) is 15.8. The van der Waals surface area contributed by atoms with Gasteiger partial charge in [0.1, 0.15) is 5.69 Å². The van der Waals surface area contributed by atoms with Crippen molar-refractivity contribution < 1.29 is 9.59 Å². The van der Waals surface area contributed by atoms with Gasteiger partial charge >= 0.3 is 0 Å². The Labute approximate surface area is 126 Å². The lowest BCUT2D eigenvalue weighted by atomic mass is 9.92. The lowest BCUT2D eigenvalue weighted by Crippen LogP contribution is -2.35. The molecule has 0 bridgehead atoms. The first-order valence-corrected chi connectivity index (χ1v) is 7.90. The van der Waals surface area contributed by atoms with E-state index in [1.807, 2.05) is 0 Å². The minimum absolute atomic E-state index is 0.0894. The molecule has 1 aromatic rings. The molecular weight excluding hydrogens is 266 g/mol. The standard InChI is InChI=1S/C16H25N3O2/c1-3-19(4-2)10-9-17-16(21)15-13-8-6-5-7-12(13)14(11-20)18-15/h11,18H,3-10H2,1-2H3,(H,17,21). The van der Waals surface area contributed by atoms with Gasteiger partial charge in [0.2, 0.25) is 0 Å². The van der Waals surface area contributed by atoms with Crippen molar-refractivity contribution >= 4 is 12.2 Å². The minimum atomic E-state index is -0.0894. The monoisotopic (exact) mass is 291 g/mol. The van der Waals surface area contributed by atoms with Gasteiger partial charge in [-0.25, -0.2) is 0 Å². The number of aldehydes is 1. The summed E-state index contributed by atoms with van der Waals surface area (Å²) in [5.41, 5.74) is 3.26. The number of amides is 1. The van der Waals surface area contributed by atoms with Gasteiger partial charge in [-0.15, -0.1) is 0 Å². The molecule has 1 aliphatic rings. The zero-order valence-electron chi connectivity index (χ0n) is 13.0. The van der Waals surface area contributed by atoms with E-state index < -0.39 is 0 Å². The highest BCUT2D eigenvalue weighted by molar-refractivity contribution is 5.96. The molecule has 1 aromatic heterocycles. The smallest absolute Gasteiger partial charge is 0.268 e. The van der Waals surface area contributed by atoms with Crippen LogP contribution in [-0.4, -0.2) is 48.3 Å². The van der Waals surface area contributed by atoms with Crippen LogP contribution in [0.15, 0.2) is 0 Å². The van der Waals surface area contributed by atoms with Crippen LogP contribution in [-0.2, 0) is 12.8 Å². The van der Waals surface area contributed by atoms with Crippen LogP contribution in [0.3, 0.4) is 0 Å². The molecule has 0 fully saturated rings. The second-order valence-electron chi connectivity index (χ2n) is 5.48. The van der Waals surface area contributed by atoms with Crippen LogP contribution in [0.2, 0.25) is 0 Å². The SMILES string of the molecule is CCN(CC)CCNC(=O)c1[nH]c(C=O)c2c1CCCC2. The lowest BCUT2D eigenvalue weighted by molar-refractivity contribution is 0.0943. The van der Waals surface area contributed by atoms with Crippen molar-refractivity contribution in [2.45, 2.75) is 39.5 Å². The molecule has 0 atom stereocenters. The number of rotatable bonds is 7. The van der Waals surface area contributed by atoms with E-state index in [9.17, 15) is 9.59 Å². The molecule has 0 radical (unpaired) electrons. The minimum Gasteiger partial charge on any atom is -0.349 e. The normalized spacial score (nSPS) is 14.0. The van der Waals surface area contributed by atoms with Gasteiger partial charge in [-0.3, -0.25) is 9.59 Å². The molecule has 0 aromatic carbocycles. The summed E-state index contributed by atoms with van der Waals surface area (Å²) in [5, 5.41) is 2.96. The third kappa shape index (κ3) is 3.53. The highest BCUT2D eigenvalue weighted by Gasteiger charge is 2.23. The molecule has 2 rings (SSSR count). The van der Waals surface area contributed by atoms with E-state index in [4.69, 9.17) is 0 Å². The van der Waals surface area contributed by atoms with Crippen LogP contribution in [0.1, 0.15) is 58.8 Å². The maximum absolute atomic E-state index is 12.3. The number of carbonyl (C=O) groups is 2. The van der Waals surface area contributed by atoms with Gasteiger partial charge in [-0.05, 0) is 49.9 Å². The van der Waals surface area contributed by atoms with E-state index in [2.05, 4.69) is 29.0 Å². The number of carbonyl (C=O) groups excluding carboxylic acids is 2. The summed E-state index contributed by atoms with van der Waals surface area (Å²) in [6.45, 7) is 7.68. The fourth-order valence-electron chi connectivity index (χ4n) is 3.01. The Kier molecular flexibility index (Phi) is 5.56. The Bertz CT molecular complexity index is 504. The van der Waals surface area contributed by atoms with Gasteiger partial charge in [0.15, 0.2) is 6.29 Å². The van der Waals surface area contributed by atoms with Crippen LogP contribution < -0.4 is 5.32 Å². The molecule has 5 nitrogen and oxygen atoms in total. The lowest BCUT2D eigenvalue weighted by Gasteiger charge is -2.18. The van der Waals surface area contributed by atoms with Gasteiger partial charge in [-0.2, -0.15) is 0 Å². The van der Waals surface area contributed by atoms with Crippen molar-refractivity contribution in [1.29, 1.82) is 0 Å². The predicted molar refractivity (Wildman–Crippen MR) is 82.9 cm³/mol. The first-order chi connectivity index (χ1) is 10.2. The van der Waals surface area contributed by atoms with Crippen molar-refractivity contribution in [3.05, 3.63) is 22.5 Å². The zero-order chi connectivity index (χ0) is 15.2. The molecular formula is C16H25N3O2. The number of likely N-dealkylation sites (N-methyl/N-ethyl adjacent to an activating group) is 1. The number of H-pyrrole nitrogens is 1. The molecule has 0 spiro atoms. The van der Waals surface area contributed by atoms with Crippen molar-refractivity contribution in [1.82, 2.24) is 15.2 Å². The summed E-state index contributed by atoms with van der Waals surface area (Å²) in [6.07, 6.45) is 4.79. The maximum atomic E-state index is 12.3. The molecule has 1 aliphatic carbocycles. The largest absolute Gasteiger partial charge is 0.349 e. The molecule has 21 heavy (non-hydrogen) atoms. The first-order valence-electron chi connectivity index (χ1n) is 7.90. The van der Waals surface area contributed by atoms with E-state index in [1.54, 1.807) is 0 Å². The topological polar surface area (TPSA) is 65.2 Å². The molecule has 116 valence electrons. The van der Waals surface area contributed by atoms with Crippen LogP contribution in [0, 0.1) is 0 Å².